The first kappa shape index (κ1) is 19.2. The number of carbonyl (C=O) groups is 2. The molecule has 0 aromatic heterocycles. The lowest BCUT2D eigenvalue weighted by atomic mass is 10.0. The second kappa shape index (κ2) is 8.87. The van der Waals surface area contributed by atoms with Crippen LogP contribution < -0.4 is 4.74 Å². The fraction of sp³-hybridized carbons (Fsp3) is 0.600. The van der Waals surface area contributed by atoms with E-state index in [1.54, 1.807) is 18.2 Å². The average molecular weight is 379 g/mol. The van der Waals surface area contributed by atoms with Crippen LogP contribution in [0.2, 0.25) is 5.02 Å². The van der Waals surface area contributed by atoms with E-state index >= 15 is 0 Å². The van der Waals surface area contributed by atoms with E-state index in [9.17, 15) is 9.59 Å². The fourth-order valence-electron chi connectivity index (χ4n) is 4.02. The van der Waals surface area contributed by atoms with Gasteiger partial charge in [-0.05, 0) is 31.0 Å². The van der Waals surface area contributed by atoms with E-state index in [2.05, 4.69) is 4.90 Å². The van der Waals surface area contributed by atoms with Crippen molar-refractivity contribution in [3.63, 3.8) is 0 Å². The van der Waals surface area contributed by atoms with Gasteiger partial charge >= 0.3 is 0 Å². The molecule has 26 heavy (non-hydrogen) atoms. The minimum atomic E-state index is -0.109. The summed E-state index contributed by atoms with van der Waals surface area (Å²) in [6.45, 7) is 3.44. The summed E-state index contributed by atoms with van der Waals surface area (Å²) in [6.07, 6.45) is 5.67. The van der Waals surface area contributed by atoms with Gasteiger partial charge in [0.25, 0.3) is 0 Å². The minimum Gasteiger partial charge on any atom is -0.496 e. The molecule has 0 spiro atoms. The number of carbonyl (C=O) groups excluding carboxylic acids is 2. The first-order valence-electron chi connectivity index (χ1n) is 9.47. The summed E-state index contributed by atoms with van der Waals surface area (Å²) in [6, 6.07) is 5.68. The SMILES string of the molecule is COc1ccc(Cl)cc1C(=O)CCC(=O)N1CCN(C2CCCC2)CC1. The predicted octanol–water partition coefficient (Wildman–Crippen LogP) is 3.40. The van der Waals surface area contributed by atoms with Crippen molar-refractivity contribution in [3.8, 4) is 5.75 Å². The number of piperazine rings is 1. The lowest BCUT2D eigenvalue weighted by molar-refractivity contribution is -0.133. The number of ketones is 1. The molecule has 1 amide bonds. The van der Waals surface area contributed by atoms with Gasteiger partial charge < -0.3 is 9.64 Å². The van der Waals surface area contributed by atoms with Crippen LogP contribution in [0.3, 0.4) is 0 Å². The van der Waals surface area contributed by atoms with Crippen LogP contribution in [0.25, 0.3) is 0 Å². The number of nitrogens with zero attached hydrogens (tertiary/aromatic N) is 2. The molecule has 1 aliphatic carbocycles. The Morgan fingerprint density at radius 1 is 1.12 bits per heavy atom. The third-order valence-corrected chi connectivity index (χ3v) is 5.77. The minimum absolute atomic E-state index is 0.0606. The van der Waals surface area contributed by atoms with E-state index in [4.69, 9.17) is 16.3 Å². The molecule has 0 atom stereocenters. The van der Waals surface area contributed by atoms with Crippen LogP contribution in [0, 0.1) is 0 Å². The predicted molar refractivity (Wildman–Crippen MR) is 102 cm³/mol. The van der Waals surface area contributed by atoms with Crippen molar-refractivity contribution in [2.24, 2.45) is 0 Å². The number of Topliss-reactive ketones (excluding diaryl/α,β-unsaturated/α-hetero) is 1. The molecule has 2 fully saturated rings. The third-order valence-electron chi connectivity index (χ3n) is 5.54. The van der Waals surface area contributed by atoms with Crippen molar-refractivity contribution in [1.82, 2.24) is 9.80 Å². The van der Waals surface area contributed by atoms with Gasteiger partial charge in [0, 0.05) is 50.1 Å². The monoisotopic (exact) mass is 378 g/mol. The standard InChI is InChI=1S/C20H27ClN2O3/c1-26-19-8-6-15(21)14-17(19)18(24)7-9-20(25)23-12-10-22(11-13-23)16-4-2-3-5-16/h6,8,14,16H,2-5,7,9-13H2,1H3. The molecule has 5 nitrogen and oxygen atoms in total. The van der Waals surface area contributed by atoms with Crippen molar-refractivity contribution in [3.05, 3.63) is 28.8 Å². The molecule has 0 N–H and O–H groups in total. The summed E-state index contributed by atoms with van der Waals surface area (Å²) >= 11 is 5.98. The van der Waals surface area contributed by atoms with Gasteiger partial charge in [0.2, 0.25) is 5.91 Å². The average Bonchev–Trinajstić information content (AvgIpc) is 3.20. The maximum absolute atomic E-state index is 12.5. The molecule has 142 valence electrons. The quantitative estimate of drug-likeness (QED) is 0.712. The Labute approximate surface area is 160 Å². The van der Waals surface area contributed by atoms with Gasteiger partial charge in [-0.3, -0.25) is 14.5 Å². The Morgan fingerprint density at radius 2 is 1.81 bits per heavy atom. The highest BCUT2D eigenvalue weighted by Gasteiger charge is 2.28. The highest BCUT2D eigenvalue weighted by molar-refractivity contribution is 6.31. The zero-order chi connectivity index (χ0) is 18.5. The van der Waals surface area contributed by atoms with Crippen LogP contribution in [0.15, 0.2) is 18.2 Å². The molecule has 1 aromatic rings. The number of methoxy groups -OCH3 is 1. The van der Waals surface area contributed by atoms with Gasteiger partial charge in [-0.15, -0.1) is 0 Å². The number of rotatable bonds is 6. The van der Waals surface area contributed by atoms with E-state index in [-0.39, 0.29) is 24.5 Å². The Morgan fingerprint density at radius 3 is 2.46 bits per heavy atom. The van der Waals surface area contributed by atoms with Crippen LogP contribution in [-0.4, -0.2) is 60.8 Å². The van der Waals surface area contributed by atoms with Crippen molar-refractivity contribution < 1.29 is 14.3 Å². The Hall–Kier alpha value is -1.59. The van der Waals surface area contributed by atoms with E-state index in [1.807, 2.05) is 4.90 Å². The summed E-state index contributed by atoms with van der Waals surface area (Å²) < 4.78 is 5.22. The fourth-order valence-corrected chi connectivity index (χ4v) is 4.19. The van der Waals surface area contributed by atoms with E-state index < -0.39 is 0 Å². The zero-order valence-corrected chi connectivity index (χ0v) is 16.1. The molecule has 1 aromatic carbocycles. The molecule has 1 aliphatic heterocycles. The van der Waals surface area contributed by atoms with E-state index in [0.717, 1.165) is 26.2 Å². The topological polar surface area (TPSA) is 49.9 Å². The Balaban J connectivity index is 1.48. The molecule has 0 unspecified atom stereocenters. The number of ether oxygens (including phenoxy) is 1. The summed E-state index contributed by atoms with van der Waals surface area (Å²) in [5, 5.41) is 0.489. The number of hydrogen-bond acceptors (Lipinski definition) is 4. The first-order chi connectivity index (χ1) is 12.6. The second-order valence-electron chi connectivity index (χ2n) is 7.12. The van der Waals surface area contributed by atoms with Crippen LogP contribution >= 0.6 is 11.6 Å². The molecule has 2 aliphatic rings. The smallest absolute Gasteiger partial charge is 0.223 e. The van der Waals surface area contributed by atoms with Gasteiger partial charge in [-0.1, -0.05) is 24.4 Å². The lowest BCUT2D eigenvalue weighted by Crippen LogP contribution is -2.51. The molecular weight excluding hydrogens is 352 g/mol. The maximum Gasteiger partial charge on any atom is 0.223 e. The van der Waals surface area contributed by atoms with Crippen LogP contribution in [0.1, 0.15) is 48.9 Å². The molecule has 0 radical (unpaired) electrons. The van der Waals surface area contributed by atoms with Crippen molar-refractivity contribution in [1.29, 1.82) is 0 Å². The Kier molecular flexibility index (Phi) is 6.54. The highest BCUT2D eigenvalue weighted by atomic mass is 35.5. The van der Waals surface area contributed by atoms with Gasteiger partial charge in [0.1, 0.15) is 5.75 Å². The number of benzene rings is 1. The summed E-state index contributed by atoms with van der Waals surface area (Å²) in [7, 11) is 1.52. The Bertz CT molecular complexity index is 650. The largest absolute Gasteiger partial charge is 0.496 e. The van der Waals surface area contributed by atoms with E-state index in [1.165, 1.54) is 32.8 Å². The van der Waals surface area contributed by atoms with E-state index in [0.29, 0.717) is 22.4 Å². The third kappa shape index (κ3) is 4.57. The van der Waals surface area contributed by atoms with Gasteiger partial charge in [0.05, 0.1) is 12.7 Å². The van der Waals surface area contributed by atoms with Gasteiger partial charge in [-0.25, -0.2) is 0 Å². The number of hydrogen-bond donors (Lipinski definition) is 0. The lowest BCUT2D eigenvalue weighted by Gasteiger charge is -2.38. The second-order valence-corrected chi connectivity index (χ2v) is 7.56. The summed E-state index contributed by atoms with van der Waals surface area (Å²) in [4.78, 5) is 29.4. The first-order valence-corrected chi connectivity index (χ1v) is 9.85. The number of amides is 1. The van der Waals surface area contributed by atoms with Crippen LogP contribution in [-0.2, 0) is 4.79 Å². The number of halogens is 1. The molecule has 1 saturated heterocycles. The summed E-state index contributed by atoms with van der Waals surface area (Å²) in [5.74, 6) is 0.449. The van der Waals surface area contributed by atoms with Crippen LogP contribution in [0.4, 0.5) is 0 Å². The van der Waals surface area contributed by atoms with Gasteiger partial charge in [-0.2, -0.15) is 0 Å². The van der Waals surface area contributed by atoms with Crippen molar-refractivity contribution in [2.45, 2.75) is 44.6 Å². The molecule has 0 bridgehead atoms. The summed E-state index contributed by atoms with van der Waals surface area (Å²) in [5.41, 5.74) is 0.443. The molecule has 6 heteroatoms. The normalized spacial score (nSPS) is 18.9. The molecule has 1 saturated carbocycles. The zero-order valence-electron chi connectivity index (χ0n) is 15.4. The van der Waals surface area contributed by atoms with Gasteiger partial charge in [0.15, 0.2) is 5.78 Å². The molecular formula is C20H27ClN2O3. The maximum atomic E-state index is 12.5. The highest BCUT2D eigenvalue weighted by Crippen LogP contribution is 2.26. The van der Waals surface area contributed by atoms with Crippen molar-refractivity contribution in [2.75, 3.05) is 33.3 Å². The van der Waals surface area contributed by atoms with Crippen molar-refractivity contribution >= 4 is 23.3 Å². The molecule has 1 heterocycles. The molecule has 3 rings (SSSR count). The van der Waals surface area contributed by atoms with Crippen LogP contribution in [0.5, 0.6) is 5.75 Å².